The first kappa shape index (κ1) is 12.6. The number of aryl methyl sites for hydroxylation is 2. The molecule has 2 N–H and O–H groups in total. The van der Waals surface area contributed by atoms with Crippen LogP contribution in [0.15, 0.2) is 24.3 Å². The van der Waals surface area contributed by atoms with Crippen molar-refractivity contribution in [3.63, 3.8) is 0 Å². The molecule has 5 heteroatoms. The SMILES string of the molecule is Cc1nc(C)c(C(=O)N(C)c2cccc(N)c2)s1. The predicted molar refractivity (Wildman–Crippen MR) is 75.2 cm³/mol. The number of carbonyl (C=O) groups is 1. The summed E-state index contributed by atoms with van der Waals surface area (Å²) in [7, 11) is 1.74. The maximum Gasteiger partial charge on any atom is 0.270 e. The molecule has 2 rings (SSSR count). The van der Waals surface area contributed by atoms with Crippen molar-refractivity contribution in [3.8, 4) is 0 Å². The van der Waals surface area contributed by atoms with Crippen molar-refractivity contribution in [2.45, 2.75) is 13.8 Å². The molecule has 0 saturated heterocycles. The van der Waals surface area contributed by atoms with Crippen LogP contribution in [-0.2, 0) is 0 Å². The third-order valence-corrected chi connectivity index (χ3v) is 3.72. The molecular formula is C13H15N3OS. The van der Waals surface area contributed by atoms with E-state index in [-0.39, 0.29) is 5.91 Å². The summed E-state index contributed by atoms with van der Waals surface area (Å²) in [5.74, 6) is -0.0521. The van der Waals surface area contributed by atoms with Crippen molar-refractivity contribution in [1.82, 2.24) is 4.98 Å². The van der Waals surface area contributed by atoms with Crippen LogP contribution in [-0.4, -0.2) is 17.9 Å². The molecule has 0 aliphatic carbocycles. The van der Waals surface area contributed by atoms with Crippen molar-refractivity contribution >= 4 is 28.6 Å². The van der Waals surface area contributed by atoms with E-state index in [1.807, 2.05) is 26.0 Å². The fraction of sp³-hybridized carbons (Fsp3) is 0.231. The molecule has 0 unspecified atom stereocenters. The molecule has 0 saturated carbocycles. The largest absolute Gasteiger partial charge is 0.399 e. The van der Waals surface area contributed by atoms with Gasteiger partial charge in [-0.25, -0.2) is 4.98 Å². The second-order valence-electron chi connectivity index (χ2n) is 4.11. The highest BCUT2D eigenvalue weighted by Crippen LogP contribution is 2.23. The van der Waals surface area contributed by atoms with Gasteiger partial charge in [0.05, 0.1) is 10.7 Å². The lowest BCUT2D eigenvalue weighted by Gasteiger charge is -2.17. The minimum atomic E-state index is -0.0521. The van der Waals surface area contributed by atoms with Gasteiger partial charge < -0.3 is 10.6 Å². The van der Waals surface area contributed by atoms with Gasteiger partial charge in [-0.05, 0) is 32.0 Å². The lowest BCUT2D eigenvalue weighted by molar-refractivity contribution is 0.0996. The van der Waals surface area contributed by atoms with E-state index in [0.717, 1.165) is 16.4 Å². The van der Waals surface area contributed by atoms with Crippen LogP contribution in [0.25, 0.3) is 0 Å². The number of nitrogens with zero attached hydrogens (tertiary/aromatic N) is 2. The van der Waals surface area contributed by atoms with Gasteiger partial charge in [0.15, 0.2) is 0 Å². The monoisotopic (exact) mass is 261 g/mol. The van der Waals surface area contributed by atoms with E-state index in [4.69, 9.17) is 5.73 Å². The molecule has 18 heavy (non-hydrogen) atoms. The Balaban J connectivity index is 2.32. The Kier molecular flexibility index (Phi) is 3.34. The van der Waals surface area contributed by atoms with Crippen molar-refractivity contribution < 1.29 is 4.79 Å². The first-order valence-electron chi connectivity index (χ1n) is 5.56. The molecule has 1 aromatic carbocycles. The molecule has 2 aromatic rings. The van der Waals surface area contributed by atoms with E-state index in [0.29, 0.717) is 10.6 Å². The number of nitrogens with two attached hydrogens (primary N) is 1. The average Bonchev–Trinajstić information content (AvgIpc) is 2.66. The van der Waals surface area contributed by atoms with Crippen LogP contribution in [0.4, 0.5) is 11.4 Å². The van der Waals surface area contributed by atoms with Gasteiger partial charge in [0.1, 0.15) is 4.88 Å². The molecule has 0 spiro atoms. The third kappa shape index (κ3) is 2.36. The van der Waals surface area contributed by atoms with Crippen LogP contribution in [0, 0.1) is 13.8 Å². The maximum atomic E-state index is 12.3. The number of anilines is 2. The van der Waals surface area contributed by atoms with E-state index in [1.54, 1.807) is 24.1 Å². The van der Waals surface area contributed by atoms with E-state index in [1.165, 1.54) is 11.3 Å². The molecule has 0 bridgehead atoms. The predicted octanol–water partition coefficient (Wildman–Crippen LogP) is 2.62. The average molecular weight is 261 g/mol. The van der Waals surface area contributed by atoms with E-state index in [9.17, 15) is 4.79 Å². The Labute approximate surface area is 110 Å². The molecule has 0 fully saturated rings. The van der Waals surface area contributed by atoms with Gasteiger partial charge in [0.2, 0.25) is 0 Å². The molecule has 94 valence electrons. The number of hydrogen-bond acceptors (Lipinski definition) is 4. The highest BCUT2D eigenvalue weighted by Gasteiger charge is 2.19. The zero-order chi connectivity index (χ0) is 13.3. The Morgan fingerprint density at radius 3 is 2.67 bits per heavy atom. The second-order valence-corrected chi connectivity index (χ2v) is 5.31. The Morgan fingerprint density at radius 1 is 1.39 bits per heavy atom. The van der Waals surface area contributed by atoms with Gasteiger partial charge in [0, 0.05) is 18.4 Å². The molecule has 0 atom stereocenters. The van der Waals surface area contributed by atoms with E-state index in [2.05, 4.69) is 4.98 Å². The minimum absolute atomic E-state index is 0.0521. The molecule has 4 nitrogen and oxygen atoms in total. The molecule has 1 heterocycles. The lowest BCUT2D eigenvalue weighted by atomic mass is 10.2. The number of nitrogen functional groups attached to an aromatic ring is 1. The quantitative estimate of drug-likeness (QED) is 0.845. The normalized spacial score (nSPS) is 10.4. The molecule has 1 amide bonds. The van der Waals surface area contributed by atoms with Gasteiger partial charge in [0.25, 0.3) is 5.91 Å². The van der Waals surface area contributed by atoms with Gasteiger partial charge in [-0.15, -0.1) is 11.3 Å². The number of carbonyl (C=O) groups excluding carboxylic acids is 1. The second kappa shape index (κ2) is 4.78. The lowest BCUT2D eigenvalue weighted by Crippen LogP contribution is -2.26. The van der Waals surface area contributed by atoms with Crippen LogP contribution in [0.1, 0.15) is 20.4 Å². The zero-order valence-corrected chi connectivity index (χ0v) is 11.4. The maximum absolute atomic E-state index is 12.3. The van der Waals surface area contributed by atoms with E-state index >= 15 is 0 Å². The molecule has 0 aliphatic rings. The first-order valence-corrected chi connectivity index (χ1v) is 6.38. The molecule has 0 aliphatic heterocycles. The number of thiazole rings is 1. The number of aromatic nitrogens is 1. The van der Waals surface area contributed by atoms with Crippen LogP contribution in [0.2, 0.25) is 0 Å². The van der Waals surface area contributed by atoms with E-state index < -0.39 is 0 Å². The molecular weight excluding hydrogens is 246 g/mol. The van der Waals surface area contributed by atoms with Gasteiger partial charge in [-0.3, -0.25) is 4.79 Å². The Hall–Kier alpha value is -1.88. The highest BCUT2D eigenvalue weighted by molar-refractivity contribution is 7.13. The van der Waals surface area contributed by atoms with Crippen LogP contribution < -0.4 is 10.6 Å². The van der Waals surface area contributed by atoms with Crippen molar-refractivity contribution in [3.05, 3.63) is 39.8 Å². The smallest absolute Gasteiger partial charge is 0.270 e. The zero-order valence-electron chi connectivity index (χ0n) is 10.6. The Bertz CT molecular complexity index is 592. The van der Waals surface area contributed by atoms with Crippen molar-refractivity contribution in [2.24, 2.45) is 0 Å². The fourth-order valence-electron chi connectivity index (χ4n) is 1.73. The number of amides is 1. The third-order valence-electron chi connectivity index (χ3n) is 2.66. The fourth-order valence-corrected chi connectivity index (χ4v) is 2.63. The minimum Gasteiger partial charge on any atom is -0.399 e. The summed E-state index contributed by atoms with van der Waals surface area (Å²) in [6.45, 7) is 3.75. The van der Waals surface area contributed by atoms with Gasteiger partial charge >= 0.3 is 0 Å². The Morgan fingerprint density at radius 2 is 2.11 bits per heavy atom. The van der Waals surface area contributed by atoms with Crippen LogP contribution >= 0.6 is 11.3 Å². The summed E-state index contributed by atoms with van der Waals surface area (Å²) in [5, 5.41) is 0.900. The summed E-state index contributed by atoms with van der Waals surface area (Å²) in [4.78, 5) is 18.9. The number of rotatable bonds is 2. The number of benzene rings is 1. The van der Waals surface area contributed by atoms with Crippen LogP contribution in [0.5, 0.6) is 0 Å². The molecule has 1 aromatic heterocycles. The summed E-state index contributed by atoms with van der Waals surface area (Å²) >= 11 is 1.42. The summed E-state index contributed by atoms with van der Waals surface area (Å²) in [6, 6.07) is 7.27. The number of hydrogen-bond donors (Lipinski definition) is 1. The van der Waals surface area contributed by atoms with Crippen molar-refractivity contribution in [2.75, 3.05) is 17.7 Å². The summed E-state index contributed by atoms with van der Waals surface area (Å²) < 4.78 is 0. The highest BCUT2D eigenvalue weighted by atomic mass is 32.1. The summed E-state index contributed by atoms with van der Waals surface area (Å²) in [5.41, 5.74) is 7.92. The van der Waals surface area contributed by atoms with Gasteiger partial charge in [-0.2, -0.15) is 0 Å². The topological polar surface area (TPSA) is 59.2 Å². The standard InChI is InChI=1S/C13H15N3OS/c1-8-12(18-9(2)15-8)13(17)16(3)11-6-4-5-10(14)7-11/h4-7H,14H2,1-3H3. The van der Waals surface area contributed by atoms with Crippen molar-refractivity contribution in [1.29, 1.82) is 0 Å². The summed E-state index contributed by atoms with van der Waals surface area (Å²) in [6.07, 6.45) is 0. The molecule has 0 radical (unpaired) electrons. The van der Waals surface area contributed by atoms with Crippen LogP contribution in [0.3, 0.4) is 0 Å². The first-order chi connectivity index (χ1) is 8.49. The van der Waals surface area contributed by atoms with Gasteiger partial charge in [-0.1, -0.05) is 6.07 Å².